The van der Waals surface area contributed by atoms with Crippen LogP contribution in [0.5, 0.6) is 5.75 Å². The molecule has 2 unspecified atom stereocenters. The van der Waals surface area contributed by atoms with E-state index in [2.05, 4.69) is 158 Å². The van der Waals surface area contributed by atoms with Crippen LogP contribution < -0.4 is 15.0 Å². The fourth-order valence-corrected chi connectivity index (χ4v) is 7.99. The van der Waals surface area contributed by atoms with Crippen LogP contribution in [0, 0.1) is 0 Å². The summed E-state index contributed by atoms with van der Waals surface area (Å²) >= 11 is 0. The Labute approximate surface area is 264 Å². The van der Waals surface area contributed by atoms with Crippen molar-refractivity contribution in [3.05, 3.63) is 168 Å². The lowest BCUT2D eigenvalue weighted by atomic mass is 9.79. The molecule has 0 amide bonds. The number of para-hydroxylation sites is 1. The summed E-state index contributed by atoms with van der Waals surface area (Å²) in [5.41, 5.74) is 12.6. The largest absolute Gasteiger partial charge is 0.485 e. The van der Waals surface area contributed by atoms with E-state index in [0.717, 1.165) is 29.4 Å². The number of nitrogens with zero attached hydrogens (tertiary/aromatic N) is 1. The van der Waals surface area contributed by atoms with Gasteiger partial charge in [0.2, 0.25) is 0 Å². The Morgan fingerprint density at radius 2 is 1.51 bits per heavy atom. The number of anilines is 3. The van der Waals surface area contributed by atoms with E-state index in [0.29, 0.717) is 0 Å². The highest BCUT2D eigenvalue weighted by Gasteiger charge is 2.40. The van der Waals surface area contributed by atoms with Gasteiger partial charge in [0, 0.05) is 40.4 Å². The molecule has 218 valence electrons. The summed E-state index contributed by atoms with van der Waals surface area (Å²) in [7, 11) is 0. The molecule has 45 heavy (non-hydrogen) atoms. The highest BCUT2D eigenvalue weighted by molar-refractivity contribution is 6.03. The molecule has 4 aliphatic rings. The third kappa shape index (κ3) is 3.90. The van der Waals surface area contributed by atoms with E-state index < -0.39 is 0 Å². The Bertz CT molecular complexity index is 2130. The van der Waals surface area contributed by atoms with E-state index >= 15 is 0 Å². The van der Waals surface area contributed by atoms with Gasteiger partial charge in [-0.2, -0.15) is 0 Å². The van der Waals surface area contributed by atoms with Crippen LogP contribution in [0.25, 0.3) is 21.9 Å². The van der Waals surface area contributed by atoms with Crippen LogP contribution in [-0.2, 0) is 5.41 Å². The molecule has 1 N–H and O–H groups in total. The van der Waals surface area contributed by atoms with Crippen molar-refractivity contribution in [2.75, 3.05) is 11.4 Å². The van der Waals surface area contributed by atoms with E-state index in [9.17, 15) is 0 Å². The van der Waals surface area contributed by atoms with E-state index in [1.54, 1.807) is 0 Å². The molecule has 5 aromatic carbocycles. The number of nitrogens with one attached hydrogen (secondary N) is 1. The van der Waals surface area contributed by atoms with Gasteiger partial charge >= 0.3 is 0 Å². The molecule has 0 saturated carbocycles. The molecule has 2 aliphatic heterocycles. The summed E-state index contributed by atoms with van der Waals surface area (Å²) in [4.78, 5) is 2.41. The zero-order valence-electron chi connectivity index (χ0n) is 25.5. The smallest absolute Gasteiger partial charge is 0.128 e. The normalized spacial score (nSPS) is 19.9. The van der Waals surface area contributed by atoms with Crippen LogP contribution in [-0.4, -0.2) is 12.6 Å². The number of ether oxygens (including phenoxy) is 1. The fraction of sp³-hybridized carbons (Fsp3) is 0.143. The lowest BCUT2D eigenvalue weighted by molar-refractivity contribution is 0.265. The molecule has 0 aromatic heterocycles. The number of hydrogen-bond acceptors (Lipinski definition) is 3. The molecule has 0 bridgehead atoms. The average Bonchev–Trinajstić information content (AvgIpc) is 3.58. The molecule has 2 aliphatic carbocycles. The summed E-state index contributed by atoms with van der Waals surface area (Å²) < 4.78 is 6.83. The minimum Gasteiger partial charge on any atom is -0.485 e. The molecule has 0 fully saturated rings. The van der Waals surface area contributed by atoms with Gasteiger partial charge in [-0.3, -0.25) is 0 Å². The minimum atomic E-state index is -0.0873. The Morgan fingerprint density at radius 1 is 0.733 bits per heavy atom. The first kappa shape index (κ1) is 26.2. The number of benzene rings is 5. The van der Waals surface area contributed by atoms with Crippen molar-refractivity contribution in [2.45, 2.75) is 31.3 Å². The van der Waals surface area contributed by atoms with E-state index in [-0.39, 0.29) is 17.4 Å². The maximum absolute atomic E-state index is 6.83. The van der Waals surface area contributed by atoms with Gasteiger partial charge in [-0.15, -0.1) is 0 Å². The Hall–Kier alpha value is -5.28. The standard InChI is InChI=1S/C42H34N2O/c1-42(2)35-19-9-8-15-31(35)32-22-21-29(24-36(32)42)44(28-13-4-3-5-14-28)37-25-39-41(34-17-7-6-16-33(34)37)40-30(18-10-20-38(40)45-39)27-12-11-23-43-26-27/h3-25,38,40,43H,26H2,1-2H3. The van der Waals surface area contributed by atoms with Crippen LogP contribution in [0.1, 0.15) is 36.5 Å². The average molecular weight is 583 g/mol. The van der Waals surface area contributed by atoms with E-state index in [4.69, 9.17) is 4.74 Å². The molecular weight excluding hydrogens is 548 g/mol. The van der Waals surface area contributed by atoms with Gasteiger partial charge in [0.15, 0.2) is 0 Å². The molecule has 0 radical (unpaired) electrons. The number of hydrogen-bond donors (Lipinski definition) is 1. The van der Waals surface area contributed by atoms with Crippen molar-refractivity contribution in [1.29, 1.82) is 0 Å². The minimum absolute atomic E-state index is 0.0325. The van der Waals surface area contributed by atoms with Gasteiger partial charge in [0.1, 0.15) is 11.9 Å². The topological polar surface area (TPSA) is 24.5 Å². The van der Waals surface area contributed by atoms with Crippen LogP contribution in [0.2, 0.25) is 0 Å². The van der Waals surface area contributed by atoms with Crippen LogP contribution in [0.3, 0.4) is 0 Å². The summed E-state index contributed by atoms with van der Waals surface area (Å²) in [6, 6.07) is 37.7. The molecule has 2 heterocycles. The van der Waals surface area contributed by atoms with Gasteiger partial charge in [-0.25, -0.2) is 0 Å². The number of allylic oxidation sites excluding steroid dienone is 4. The second-order valence-electron chi connectivity index (χ2n) is 12.9. The summed E-state index contributed by atoms with van der Waals surface area (Å²) in [6.07, 6.45) is 13.0. The quantitative estimate of drug-likeness (QED) is 0.228. The maximum atomic E-state index is 6.83. The first-order valence-corrected chi connectivity index (χ1v) is 15.9. The first-order valence-electron chi connectivity index (χ1n) is 15.9. The zero-order chi connectivity index (χ0) is 30.1. The van der Waals surface area contributed by atoms with Gasteiger partial charge in [0.25, 0.3) is 0 Å². The third-order valence-corrected chi connectivity index (χ3v) is 10.1. The fourth-order valence-electron chi connectivity index (χ4n) is 7.99. The molecular formula is C42H34N2O. The Morgan fingerprint density at radius 3 is 2.36 bits per heavy atom. The molecule has 3 heteroatoms. The molecule has 5 aromatic rings. The predicted octanol–water partition coefficient (Wildman–Crippen LogP) is 10.00. The first-order chi connectivity index (χ1) is 22.1. The molecule has 9 rings (SSSR count). The van der Waals surface area contributed by atoms with Crippen molar-refractivity contribution in [3.63, 3.8) is 0 Å². The van der Waals surface area contributed by atoms with Crippen molar-refractivity contribution in [1.82, 2.24) is 5.32 Å². The van der Waals surface area contributed by atoms with Crippen molar-refractivity contribution < 1.29 is 4.74 Å². The highest BCUT2D eigenvalue weighted by Crippen LogP contribution is 2.55. The number of fused-ring (bicyclic) bond motifs is 8. The summed E-state index contributed by atoms with van der Waals surface area (Å²) in [5, 5.41) is 5.86. The monoisotopic (exact) mass is 582 g/mol. The highest BCUT2D eigenvalue weighted by atomic mass is 16.5. The summed E-state index contributed by atoms with van der Waals surface area (Å²) in [6.45, 7) is 5.52. The zero-order valence-corrected chi connectivity index (χ0v) is 25.5. The van der Waals surface area contributed by atoms with Crippen molar-refractivity contribution >= 4 is 27.8 Å². The maximum Gasteiger partial charge on any atom is 0.128 e. The van der Waals surface area contributed by atoms with Crippen LogP contribution in [0.4, 0.5) is 17.1 Å². The van der Waals surface area contributed by atoms with Crippen LogP contribution in [0.15, 0.2) is 151 Å². The van der Waals surface area contributed by atoms with Gasteiger partial charge in [0.05, 0.1) is 11.6 Å². The van der Waals surface area contributed by atoms with E-state index in [1.807, 2.05) is 6.20 Å². The molecule has 2 atom stereocenters. The van der Waals surface area contributed by atoms with Crippen LogP contribution >= 0.6 is 0 Å². The second-order valence-corrected chi connectivity index (χ2v) is 12.9. The van der Waals surface area contributed by atoms with Crippen molar-refractivity contribution in [2.24, 2.45) is 0 Å². The molecule has 0 saturated heterocycles. The summed E-state index contributed by atoms with van der Waals surface area (Å²) in [5.74, 6) is 1.11. The molecule has 0 spiro atoms. The number of rotatable bonds is 4. The molecule has 3 nitrogen and oxygen atoms in total. The number of dihydropyridines is 1. The lowest BCUT2D eigenvalue weighted by Gasteiger charge is -2.30. The third-order valence-electron chi connectivity index (χ3n) is 10.1. The second kappa shape index (κ2) is 9.87. The Kier molecular flexibility index (Phi) is 5.73. The predicted molar refractivity (Wildman–Crippen MR) is 186 cm³/mol. The van der Waals surface area contributed by atoms with Gasteiger partial charge in [-0.05, 0) is 81.4 Å². The van der Waals surface area contributed by atoms with Gasteiger partial charge < -0.3 is 15.0 Å². The Balaban J connectivity index is 1.25. The van der Waals surface area contributed by atoms with Crippen molar-refractivity contribution in [3.8, 4) is 16.9 Å². The lowest BCUT2D eigenvalue weighted by Crippen LogP contribution is -2.24. The van der Waals surface area contributed by atoms with E-state index in [1.165, 1.54) is 49.7 Å². The van der Waals surface area contributed by atoms with Gasteiger partial charge in [-0.1, -0.05) is 105 Å². The SMILES string of the molecule is CC1(C)c2ccccc2-c2ccc(N(c3ccccc3)c3cc4c(c5ccccc35)C3C(C5=CC=CNC5)=CC=CC3O4)cc21.